The molecule has 0 fully saturated rings. The molecule has 0 amide bonds. The Bertz CT molecular complexity index is 102. The maximum atomic E-state index is 12.0. The fourth-order valence-electron chi connectivity index (χ4n) is 0.245. The molecule has 0 bridgehead atoms. The van der Waals surface area contributed by atoms with E-state index in [1.54, 1.807) is 0 Å². The molecule has 0 aliphatic heterocycles. The minimum absolute atomic E-state index is 0.779. The number of halogens is 6. The van der Waals surface area contributed by atoms with Crippen LogP contribution in [0.3, 0.4) is 0 Å². The minimum Gasteiger partial charge on any atom is -0.244 e. The van der Waals surface area contributed by atoms with Crippen LogP contribution in [0.2, 0.25) is 0 Å². The summed E-state index contributed by atoms with van der Waals surface area (Å²) in [4.78, 5) is 0. The molecule has 1 unspecified atom stereocenters. The molecule has 0 aliphatic rings. The van der Waals surface area contributed by atoms with Gasteiger partial charge in [0.1, 0.15) is 6.17 Å². The average Bonchev–Trinajstić information content (AvgIpc) is 1.83. The van der Waals surface area contributed by atoms with Gasteiger partial charge in [-0.3, -0.25) is 0 Å². The van der Waals surface area contributed by atoms with Crippen LogP contribution in [0.1, 0.15) is 0 Å². The summed E-state index contributed by atoms with van der Waals surface area (Å²) in [5.41, 5.74) is 0. The molecular weight excluding hydrogens is 195 g/mol. The highest BCUT2D eigenvalue weighted by Gasteiger charge is 2.44. The molecule has 0 aliphatic carbocycles. The van der Waals surface area contributed by atoms with Crippen LogP contribution in [-0.2, 0) is 0 Å². The lowest BCUT2D eigenvalue weighted by Crippen LogP contribution is -2.25. The molecule has 1 radical (unpaired) electrons. The van der Waals surface area contributed by atoms with E-state index < -0.39 is 23.6 Å². The number of rotatable bonds is 2. The topological polar surface area (TPSA) is 0 Å². The predicted molar refractivity (Wildman–Crippen MR) is 30.8 cm³/mol. The SMILES string of the molecule is FC(CCl)[C](Cl)C(F)(F)F. The van der Waals surface area contributed by atoms with Gasteiger partial charge in [0, 0.05) is 0 Å². The Morgan fingerprint density at radius 1 is 1.40 bits per heavy atom. The summed E-state index contributed by atoms with van der Waals surface area (Å²) in [5, 5.41) is -1.71. The Morgan fingerprint density at radius 3 is 1.90 bits per heavy atom. The van der Waals surface area contributed by atoms with Crippen LogP contribution in [0, 0.1) is 5.38 Å². The van der Waals surface area contributed by atoms with Crippen molar-refractivity contribution in [3.63, 3.8) is 0 Å². The van der Waals surface area contributed by atoms with Gasteiger partial charge in [-0.05, 0) is 0 Å². The third kappa shape index (κ3) is 2.92. The second-order valence-electron chi connectivity index (χ2n) is 1.47. The number of alkyl halides is 5. The molecule has 0 aromatic rings. The van der Waals surface area contributed by atoms with Gasteiger partial charge in [-0.2, -0.15) is 13.2 Å². The fourth-order valence-corrected chi connectivity index (χ4v) is 0.556. The van der Waals surface area contributed by atoms with E-state index in [1.807, 2.05) is 0 Å². The summed E-state index contributed by atoms with van der Waals surface area (Å²) in [6.45, 7) is 0. The van der Waals surface area contributed by atoms with E-state index in [0.717, 1.165) is 0 Å². The first kappa shape index (κ1) is 10.3. The third-order valence-corrected chi connectivity index (χ3v) is 1.40. The molecule has 6 heteroatoms. The van der Waals surface area contributed by atoms with Crippen LogP contribution >= 0.6 is 23.2 Å². The lowest BCUT2D eigenvalue weighted by Gasteiger charge is -2.13. The summed E-state index contributed by atoms with van der Waals surface area (Å²) < 4.78 is 46.3. The van der Waals surface area contributed by atoms with Crippen molar-refractivity contribution in [3.8, 4) is 0 Å². The molecule has 0 nitrogen and oxygen atoms in total. The zero-order valence-corrected chi connectivity index (χ0v) is 6.06. The lowest BCUT2D eigenvalue weighted by molar-refractivity contribution is -0.111. The van der Waals surface area contributed by atoms with Crippen LogP contribution in [0.15, 0.2) is 0 Å². The van der Waals surface area contributed by atoms with E-state index in [9.17, 15) is 17.6 Å². The van der Waals surface area contributed by atoms with Gasteiger partial charge >= 0.3 is 6.18 Å². The lowest BCUT2D eigenvalue weighted by atomic mass is 10.3. The van der Waals surface area contributed by atoms with Gasteiger partial charge in [0.2, 0.25) is 5.38 Å². The Kier molecular flexibility index (Phi) is 3.73. The van der Waals surface area contributed by atoms with Crippen molar-refractivity contribution in [3.05, 3.63) is 5.38 Å². The summed E-state index contributed by atoms with van der Waals surface area (Å²) in [5.74, 6) is -0.779. The van der Waals surface area contributed by atoms with Crippen molar-refractivity contribution < 1.29 is 17.6 Å². The normalized spacial score (nSPS) is 15.9. The largest absolute Gasteiger partial charge is 0.412 e. The van der Waals surface area contributed by atoms with Crippen molar-refractivity contribution >= 4 is 23.2 Å². The zero-order valence-electron chi connectivity index (χ0n) is 4.55. The molecule has 0 aromatic carbocycles. The zero-order chi connectivity index (χ0) is 8.36. The first-order chi connectivity index (χ1) is 4.39. The Labute approximate surface area is 65.1 Å². The molecule has 61 valence electrons. The van der Waals surface area contributed by atoms with Crippen molar-refractivity contribution in [1.82, 2.24) is 0 Å². The second-order valence-corrected chi connectivity index (χ2v) is 2.18. The molecule has 0 saturated heterocycles. The Hall–Kier alpha value is 0.300. The number of hydrogen-bond donors (Lipinski definition) is 0. The Morgan fingerprint density at radius 2 is 1.80 bits per heavy atom. The molecule has 0 rings (SSSR count). The first-order valence-corrected chi connectivity index (χ1v) is 3.10. The van der Waals surface area contributed by atoms with Crippen molar-refractivity contribution in [2.24, 2.45) is 0 Å². The molecule has 10 heavy (non-hydrogen) atoms. The van der Waals surface area contributed by atoms with E-state index in [2.05, 4.69) is 11.6 Å². The van der Waals surface area contributed by atoms with Crippen molar-refractivity contribution in [2.45, 2.75) is 12.3 Å². The van der Waals surface area contributed by atoms with Gasteiger partial charge in [0.05, 0.1) is 5.88 Å². The molecular formula is C4H3Cl2F4. The highest BCUT2D eigenvalue weighted by molar-refractivity contribution is 6.29. The highest BCUT2D eigenvalue weighted by Crippen LogP contribution is 2.35. The summed E-state index contributed by atoms with van der Waals surface area (Å²) in [6.07, 6.45) is -7.11. The quantitative estimate of drug-likeness (QED) is 0.472. The molecule has 0 saturated carbocycles. The summed E-state index contributed by atoms with van der Waals surface area (Å²) >= 11 is 9.31. The summed E-state index contributed by atoms with van der Waals surface area (Å²) in [6, 6.07) is 0. The minimum atomic E-state index is -4.80. The van der Waals surface area contributed by atoms with Crippen LogP contribution in [-0.4, -0.2) is 18.2 Å². The molecule has 0 aromatic heterocycles. The second kappa shape index (κ2) is 3.62. The predicted octanol–water partition coefficient (Wildman–Crippen LogP) is 2.90. The van der Waals surface area contributed by atoms with Crippen LogP contribution in [0.5, 0.6) is 0 Å². The van der Waals surface area contributed by atoms with Crippen LogP contribution in [0.25, 0.3) is 0 Å². The van der Waals surface area contributed by atoms with E-state index in [-0.39, 0.29) is 0 Å². The average molecular weight is 198 g/mol. The maximum Gasteiger partial charge on any atom is 0.412 e. The van der Waals surface area contributed by atoms with E-state index in [1.165, 1.54) is 0 Å². The molecule has 0 N–H and O–H groups in total. The molecule has 0 heterocycles. The van der Waals surface area contributed by atoms with E-state index in [4.69, 9.17) is 11.6 Å². The van der Waals surface area contributed by atoms with E-state index >= 15 is 0 Å². The van der Waals surface area contributed by atoms with Gasteiger partial charge in [0.25, 0.3) is 0 Å². The third-order valence-electron chi connectivity index (χ3n) is 0.681. The Balaban J connectivity index is 3.94. The van der Waals surface area contributed by atoms with Gasteiger partial charge in [-0.1, -0.05) is 0 Å². The first-order valence-electron chi connectivity index (χ1n) is 2.19. The highest BCUT2D eigenvalue weighted by atomic mass is 35.5. The van der Waals surface area contributed by atoms with Gasteiger partial charge in [-0.15, -0.1) is 23.2 Å². The van der Waals surface area contributed by atoms with Crippen LogP contribution in [0.4, 0.5) is 17.6 Å². The van der Waals surface area contributed by atoms with Crippen LogP contribution < -0.4 is 0 Å². The monoisotopic (exact) mass is 197 g/mol. The maximum absolute atomic E-state index is 12.0. The van der Waals surface area contributed by atoms with Crippen molar-refractivity contribution in [1.29, 1.82) is 0 Å². The standard InChI is InChI=1S/C4H3Cl2F4/c5-1-2(7)3(6)4(8,9)10/h2H,1H2. The summed E-state index contributed by atoms with van der Waals surface area (Å²) in [7, 11) is 0. The van der Waals surface area contributed by atoms with Gasteiger partial charge in [0.15, 0.2) is 0 Å². The smallest absolute Gasteiger partial charge is 0.244 e. The molecule has 1 atom stereocenters. The number of hydrogen-bond acceptors (Lipinski definition) is 0. The van der Waals surface area contributed by atoms with E-state index in [0.29, 0.717) is 0 Å². The van der Waals surface area contributed by atoms with Gasteiger partial charge in [-0.25, -0.2) is 4.39 Å². The van der Waals surface area contributed by atoms with Crippen molar-refractivity contribution in [2.75, 3.05) is 5.88 Å². The fraction of sp³-hybridized carbons (Fsp3) is 0.750. The molecule has 0 spiro atoms. The van der Waals surface area contributed by atoms with Gasteiger partial charge < -0.3 is 0 Å².